The number of benzene rings is 1. The number of carbonyl (C=O) groups is 1. The number of hydrogen-bond donors (Lipinski definition) is 1. The average molecular weight is 440 g/mol. The molecular weight excluding hydrogens is 424 g/mol. The van der Waals surface area contributed by atoms with Crippen LogP contribution in [0.15, 0.2) is 32.0 Å². The fourth-order valence-corrected chi connectivity index (χ4v) is 4.94. The molecule has 0 spiro atoms. The predicted octanol–water partition coefficient (Wildman–Crippen LogP) is 2.50. The van der Waals surface area contributed by atoms with Crippen LogP contribution in [-0.2, 0) is 14.8 Å². The second kappa shape index (κ2) is 6.76. The number of nitrogens with zero attached hydrogens (tertiary/aromatic N) is 1. The summed E-state index contributed by atoms with van der Waals surface area (Å²) in [7, 11) is -3.76. The third-order valence-corrected chi connectivity index (χ3v) is 6.33. The first-order valence-electron chi connectivity index (χ1n) is 6.57. The summed E-state index contributed by atoms with van der Waals surface area (Å²) in [5.41, 5.74) is 0. The molecule has 0 aliphatic carbocycles. The van der Waals surface area contributed by atoms with Crippen LogP contribution >= 0.6 is 31.9 Å². The highest BCUT2D eigenvalue weighted by molar-refractivity contribution is 9.11. The van der Waals surface area contributed by atoms with Crippen molar-refractivity contribution in [2.45, 2.75) is 30.7 Å². The van der Waals surface area contributed by atoms with Crippen LogP contribution < -0.4 is 4.72 Å². The Morgan fingerprint density at radius 2 is 1.90 bits per heavy atom. The molecule has 1 aliphatic heterocycles. The van der Waals surface area contributed by atoms with Gasteiger partial charge in [0.05, 0.1) is 10.9 Å². The molecular formula is C13H16Br2N2O3S. The summed E-state index contributed by atoms with van der Waals surface area (Å²) in [5, 5.41) is 0. The Hall–Kier alpha value is -0.440. The van der Waals surface area contributed by atoms with Gasteiger partial charge in [-0.3, -0.25) is 4.79 Å². The number of amides is 1. The molecule has 8 heteroatoms. The largest absolute Gasteiger partial charge is 0.341 e. The number of sulfonamides is 1. The minimum Gasteiger partial charge on any atom is -0.341 e. The summed E-state index contributed by atoms with van der Waals surface area (Å²) < 4.78 is 28.4. The maximum atomic E-state index is 12.4. The summed E-state index contributed by atoms with van der Waals surface area (Å²) in [4.78, 5) is 14.0. The Labute approximate surface area is 141 Å². The molecule has 1 aromatic rings. The van der Waals surface area contributed by atoms with Gasteiger partial charge < -0.3 is 4.90 Å². The van der Waals surface area contributed by atoms with Crippen molar-refractivity contribution in [3.8, 4) is 0 Å². The third-order valence-electron chi connectivity index (χ3n) is 3.30. The summed E-state index contributed by atoms with van der Waals surface area (Å²) >= 11 is 6.47. The van der Waals surface area contributed by atoms with Crippen molar-refractivity contribution in [1.29, 1.82) is 0 Å². The van der Waals surface area contributed by atoms with Crippen LogP contribution in [0.4, 0.5) is 0 Å². The first-order chi connectivity index (χ1) is 9.81. The SMILES string of the molecule is CC(NS(=O)(=O)c1cc(Br)ccc1Br)C(=O)N1CCCC1. The monoisotopic (exact) mass is 438 g/mol. The molecule has 116 valence electrons. The Balaban J connectivity index is 2.16. The van der Waals surface area contributed by atoms with Crippen LogP contribution in [0, 0.1) is 0 Å². The molecule has 0 bridgehead atoms. The van der Waals surface area contributed by atoms with E-state index in [2.05, 4.69) is 36.6 Å². The van der Waals surface area contributed by atoms with Crippen LogP contribution in [0.5, 0.6) is 0 Å². The van der Waals surface area contributed by atoms with Gasteiger partial charge in [-0.05, 0) is 53.9 Å². The van der Waals surface area contributed by atoms with Gasteiger partial charge in [0.25, 0.3) is 0 Å². The van der Waals surface area contributed by atoms with Gasteiger partial charge in [-0.1, -0.05) is 15.9 Å². The van der Waals surface area contributed by atoms with E-state index < -0.39 is 16.1 Å². The van der Waals surface area contributed by atoms with Gasteiger partial charge in [0.1, 0.15) is 0 Å². The quantitative estimate of drug-likeness (QED) is 0.783. The fourth-order valence-electron chi connectivity index (χ4n) is 2.24. The van der Waals surface area contributed by atoms with E-state index in [1.54, 1.807) is 24.0 Å². The van der Waals surface area contributed by atoms with Crippen LogP contribution in [0.1, 0.15) is 19.8 Å². The standard InChI is InChI=1S/C13H16Br2N2O3S/c1-9(13(18)17-6-2-3-7-17)16-21(19,20)12-8-10(14)4-5-11(12)15/h4-5,8-9,16H,2-3,6-7H2,1H3. The van der Waals surface area contributed by atoms with E-state index in [-0.39, 0.29) is 10.8 Å². The molecule has 1 fully saturated rings. The number of halogens is 2. The van der Waals surface area contributed by atoms with Gasteiger partial charge in [-0.25, -0.2) is 8.42 Å². The van der Waals surface area contributed by atoms with Crippen molar-refractivity contribution in [2.24, 2.45) is 0 Å². The highest BCUT2D eigenvalue weighted by atomic mass is 79.9. The summed E-state index contributed by atoms with van der Waals surface area (Å²) in [6.07, 6.45) is 1.95. The third kappa shape index (κ3) is 4.06. The lowest BCUT2D eigenvalue weighted by molar-refractivity contribution is -0.131. The number of carbonyl (C=O) groups excluding carboxylic acids is 1. The summed E-state index contributed by atoms with van der Waals surface area (Å²) in [5.74, 6) is -0.179. The van der Waals surface area contributed by atoms with E-state index in [0.29, 0.717) is 22.0 Å². The Morgan fingerprint density at radius 3 is 2.52 bits per heavy atom. The van der Waals surface area contributed by atoms with Crippen LogP contribution in [0.3, 0.4) is 0 Å². The minimum atomic E-state index is -3.76. The normalized spacial score (nSPS) is 17.0. The fraction of sp³-hybridized carbons (Fsp3) is 0.462. The van der Waals surface area contributed by atoms with E-state index in [1.165, 1.54) is 6.07 Å². The van der Waals surface area contributed by atoms with E-state index in [4.69, 9.17) is 0 Å². The van der Waals surface area contributed by atoms with Crippen molar-refractivity contribution < 1.29 is 13.2 Å². The lowest BCUT2D eigenvalue weighted by Crippen LogP contribution is -2.45. The van der Waals surface area contributed by atoms with Crippen molar-refractivity contribution in [3.05, 3.63) is 27.1 Å². The van der Waals surface area contributed by atoms with E-state index >= 15 is 0 Å². The van der Waals surface area contributed by atoms with Crippen LogP contribution in [0.2, 0.25) is 0 Å². The lowest BCUT2D eigenvalue weighted by atomic mass is 10.3. The zero-order chi connectivity index (χ0) is 15.6. The van der Waals surface area contributed by atoms with E-state index in [1.807, 2.05) is 0 Å². The molecule has 1 aliphatic rings. The number of nitrogens with one attached hydrogen (secondary N) is 1. The van der Waals surface area contributed by atoms with Crippen LogP contribution in [0.25, 0.3) is 0 Å². The smallest absolute Gasteiger partial charge is 0.242 e. The van der Waals surface area contributed by atoms with Gasteiger partial charge in [0.15, 0.2) is 0 Å². The molecule has 1 heterocycles. The molecule has 5 nitrogen and oxygen atoms in total. The van der Waals surface area contributed by atoms with Crippen molar-refractivity contribution in [2.75, 3.05) is 13.1 Å². The van der Waals surface area contributed by atoms with Crippen molar-refractivity contribution in [1.82, 2.24) is 9.62 Å². The van der Waals surface area contributed by atoms with Gasteiger partial charge in [0.2, 0.25) is 15.9 Å². The van der Waals surface area contributed by atoms with E-state index in [0.717, 1.165) is 12.8 Å². The molecule has 1 saturated heterocycles. The Bertz CT molecular complexity index is 643. The molecule has 1 atom stereocenters. The topological polar surface area (TPSA) is 66.5 Å². The molecule has 1 amide bonds. The second-order valence-corrected chi connectivity index (χ2v) is 8.40. The zero-order valence-electron chi connectivity index (χ0n) is 11.5. The second-order valence-electron chi connectivity index (χ2n) is 4.95. The van der Waals surface area contributed by atoms with Gasteiger partial charge in [-0.2, -0.15) is 4.72 Å². The summed E-state index contributed by atoms with van der Waals surface area (Å²) in [6.45, 7) is 2.97. The average Bonchev–Trinajstić information content (AvgIpc) is 2.94. The molecule has 0 radical (unpaired) electrons. The minimum absolute atomic E-state index is 0.109. The molecule has 21 heavy (non-hydrogen) atoms. The first kappa shape index (κ1) is 16.9. The van der Waals surface area contributed by atoms with Gasteiger partial charge >= 0.3 is 0 Å². The van der Waals surface area contributed by atoms with E-state index in [9.17, 15) is 13.2 Å². The molecule has 1 aromatic carbocycles. The van der Waals surface area contributed by atoms with Crippen molar-refractivity contribution in [3.63, 3.8) is 0 Å². The van der Waals surface area contributed by atoms with Gasteiger partial charge in [-0.15, -0.1) is 0 Å². The van der Waals surface area contributed by atoms with Gasteiger partial charge in [0, 0.05) is 22.0 Å². The predicted molar refractivity (Wildman–Crippen MR) is 87.4 cm³/mol. The first-order valence-corrected chi connectivity index (χ1v) is 9.64. The number of likely N-dealkylation sites (tertiary alicyclic amines) is 1. The maximum Gasteiger partial charge on any atom is 0.242 e. The molecule has 1 N–H and O–H groups in total. The Morgan fingerprint density at radius 1 is 1.29 bits per heavy atom. The lowest BCUT2D eigenvalue weighted by Gasteiger charge is -2.21. The van der Waals surface area contributed by atoms with Crippen LogP contribution in [-0.4, -0.2) is 38.4 Å². The Kier molecular flexibility index (Phi) is 5.45. The summed E-state index contributed by atoms with van der Waals surface area (Å²) in [6, 6.07) is 4.10. The zero-order valence-corrected chi connectivity index (χ0v) is 15.5. The van der Waals surface area contributed by atoms with Crippen molar-refractivity contribution >= 4 is 47.8 Å². The number of rotatable bonds is 4. The molecule has 2 rings (SSSR count). The highest BCUT2D eigenvalue weighted by Crippen LogP contribution is 2.25. The molecule has 1 unspecified atom stereocenters. The highest BCUT2D eigenvalue weighted by Gasteiger charge is 2.28. The maximum absolute atomic E-state index is 12.4. The molecule has 0 aromatic heterocycles. The number of hydrogen-bond acceptors (Lipinski definition) is 3. The molecule has 0 saturated carbocycles.